The number of para-hydroxylation sites is 1. The van der Waals surface area contributed by atoms with Crippen molar-refractivity contribution in [3.8, 4) is 5.75 Å². The van der Waals surface area contributed by atoms with Gasteiger partial charge in [-0.05, 0) is 68.5 Å². The van der Waals surface area contributed by atoms with Gasteiger partial charge in [0.05, 0.1) is 0 Å². The Kier molecular flexibility index (Phi) is 5.43. The van der Waals surface area contributed by atoms with E-state index in [9.17, 15) is 4.79 Å². The first-order chi connectivity index (χ1) is 10.9. The summed E-state index contributed by atoms with van der Waals surface area (Å²) >= 11 is 0. The fourth-order valence-corrected chi connectivity index (χ4v) is 2.70. The molecule has 0 spiro atoms. The standard InChI is InChI=1S/C20H25NO2/c1-6-18(23-17-11-13(2)10-14(3)12-17)20(22)21-19-15(4)8-7-9-16(19)5/h7-12,18H,6H2,1-5H3,(H,21,22). The van der Waals surface area contributed by atoms with E-state index >= 15 is 0 Å². The van der Waals surface area contributed by atoms with E-state index in [0.29, 0.717) is 6.42 Å². The summed E-state index contributed by atoms with van der Waals surface area (Å²) in [7, 11) is 0. The number of carbonyl (C=O) groups excluding carboxylic acids is 1. The zero-order valence-corrected chi connectivity index (χ0v) is 14.6. The molecule has 1 unspecified atom stereocenters. The van der Waals surface area contributed by atoms with E-state index in [1.54, 1.807) is 0 Å². The van der Waals surface area contributed by atoms with Crippen LogP contribution in [0.5, 0.6) is 5.75 Å². The summed E-state index contributed by atoms with van der Waals surface area (Å²) in [6.45, 7) is 10.00. The zero-order chi connectivity index (χ0) is 17.0. The van der Waals surface area contributed by atoms with Crippen molar-refractivity contribution in [2.45, 2.75) is 47.1 Å². The largest absolute Gasteiger partial charge is 0.481 e. The van der Waals surface area contributed by atoms with E-state index in [2.05, 4.69) is 11.4 Å². The Labute approximate surface area is 138 Å². The lowest BCUT2D eigenvalue weighted by Crippen LogP contribution is -2.32. The van der Waals surface area contributed by atoms with Gasteiger partial charge >= 0.3 is 0 Å². The van der Waals surface area contributed by atoms with Gasteiger partial charge in [0.25, 0.3) is 5.91 Å². The number of hydrogen-bond acceptors (Lipinski definition) is 2. The van der Waals surface area contributed by atoms with Crippen LogP contribution < -0.4 is 10.1 Å². The molecule has 0 aliphatic carbocycles. The van der Waals surface area contributed by atoms with Gasteiger partial charge in [-0.3, -0.25) is 4.79 Å². The Morgan fingerprint density at radius 2 is 1.61 bits per heavy atom. The Balaban J connectivity index is 2.15. The van der Waals surface area contributed by atoms with Crippen LogP contribution in [0.15, 0.2) is 36.4 Å². The van der Waals surface area contributed by atoms with E-state index in [4.69, 9.17) is 4.74 Å². The minimum atomic E-state index is -0.504. The number of benzene rings is 2. The first-order valence-corrected chi connectivity index (χ1v) is 8.02. The number of aryl methyl sites for hydroxylation is 4. The Morgan fingerprint density at radius 1 is 1.04 bits per heavy atom. The van der Waals surface area contributed by atoms with E-state index in [-0.39, 0.29) is 5.91 Å². The third-order valence-electron chi connectivity index (χ3n) is 3.87. The molecule has 0 saturated heterocycles. The van der Waals surface area contributed by atoms with Crippen LogP contribution in [-0.2, 0) is 4.79 Å². The molecule has 0 bridgehead atoms. The second-order valence-corrected chi connectivity index (χ2v) is 6.09. The molecule has 3 nitrogen and oxygen atoms in total. The second-order valence-electron chi connectivity index (χ2n) is 6.09. The molecule has 1 N–H and O–H groups in total. The quantitative estimate of drug-likeness (QED) is 0.868. The third kappa shape index (κ3) is 4.35. The highest BCUT2D eigenvalue weighted by Crippen LogP contribution is 2.22. The van der Waals surface area contributed by atoms with Crippen LogP contribution in [0, 0.1) is 27.7 Å². The van der Waals surface area contributed by atoms with E-state index in [1.807, 2.05) is 65.0 Å². The summed E-state index contributed by atoms with van der Waals surface area (Å²) in [5.74, 6) is 0.634. The van der Waals surface area contributed by atoms with E-state index in [0.717, 1.165) is 33.7 Å². The molecule has 1 amide bonds. The lowest BCUT2D eigenvalue weighted by molar-refractivity contribution is -0.122. The fraction of sp³-hybridized carbons (Fsp3) is 0.350. The number of hydrogen-bond donors (Lipinski definition) is 1. The number of rotatable bonds is 5. The second kappa shape index (κ2) is 7.32. The van der Waals surface area contributed by atoms with Gasteiger partial charge in [0, 0.05) is 5.69 Å². The van der Waals surface area contributed by atoms with Crippen molar-refractivity contribution in [3.63, 3.8) is 0 Å². The molecule has 2 rings (SSSR count). The SMILES string of the molecule is CCC(Oc1cc(C)cc(C)c1)C(=O)Nc1c(C)cccc1C. The molecular formula is C20H25NO2. The smallest absolute Gasteiger partial charge is 0.265 e. The number of ether oxygens (including phenoxy) is 1. The molecule has 0 heterocycles. The molecule has 2 aromatic rings. The highest BCUT2D eigenvalue weighted by molar-refractivity contribution is 5.95. The summed E-state index contributed by atoms with van der Waals surface area (Å²) in [5.41, 5.74) is 5.24. The van der Waals surface area contributed by atoms with E-state index in [1.165, 1.54) is 0 Å². The molecule has 1 atom stereocenters. The topological polar surface area (TPSA) is 38.3 Å². The van der Waals surface area contributed by atoms with Crippen molar-refractivity contribution in [2.75, 3.05) is 5.32 Å². The van der Waals surface area contributed by atoms with Gasteiger partial charge in [-0.25, -0.2) is 0 Å². The molecule has 0 saturated carbocycles. The monoisotopic (exact) mass is 311 g/mol. The molecule has 0 aliphatic heterocycles. The van der Waals surface area contributed by atoms with Crippen LogP contribution in [0.25, 0.3) is 0 Å². The fourth-order valence-electron chi connectivity index (χ4n) is 2.70. The van der Waals surface area contributed by atoms with Crippen molar-refractivity contribution in [1.82, 2.24) is 0 Å². The lowest BCUT2D eigenvalue weighted by Gasteiger charge is -2.19. The van der Waals surface area contributed by atoms with Crippen molar-refractivity contribution in [2.24, 2.45) is 0 Å². The summed E-state index contributed by atoms with van der Waals surface area (Å²) < 4.78 is 5.93. The van der Waals surface area contributed by atoms with Crippen molar-refractivity contribution in [3.05, 3.63) is 58.7 Å². The third-order valence-corrected chi connectivity index (χ3v) is 3.87. The summed E-state index contributed by atoms with van der Waals surface area (Å²) in [4.78, 5) is 12.6. The predicted octanol–water partition coefficient (Wildman–Crippen LogP) is 4.72. The summed E-state index contributed by atoms with van der Waals surface area (Å²) in [6, 6.07) is 12.0. The summed E-state index contributed by atoms with van der Waals surface area (Å²) in [6.07, 6.45) is 0.110. The van der Waals surface area contributed by atoms with Crippen LogP contribution in [0.1, 0.15) is 35.6 Å². The Morgan fingerprint density at radius 3 is 2.13 bits per heavy atom. The van der Waals surface area contributed by atoms with Gasteiger partial charge in [0.2, 0.25) is 0 Å². The highest BCUT2D eigenvalue weighted by Gasteiger charge is 2.20. The maximum Gasteiger partial charge on any atom is 0.265 e. The normalized spacial score (nSPS) is 11.9. The molecule has 3 heteroatoms. The predicted molar refractivity (Wildman–Crippen MR) is 95.2 cm³/mol. The molecule has 0 aliphatic rings. The van der Waals surface area contributed by atoms with Crippen molar-refractivity contribution >= 4 is 11.6 Å². The molecule has 0 aromatic heterocycles. The van der Waals surface area contributed by atoms with Crippen LogP contribution in [-0.4, -0.2) is 12.0 Å². The minimum absolute atomic E-state index is 0.107. The highest BCUT2D eigenvalue weighted by atomic mass is 16.5. The maximum atomic E-state index is 12.6. The average Bonchev–Trinajstić information content (AvgIpc) is 2.47. The van der Waals surface area contributed by atoms with Crippen LogP contribution in [0.2, 0.25) is 0 Å². The van der Waals surface area contributed by atoms with E-state index < -0.39 is 6.10 Å². The number of carbonyl (C=O) groups is 1. The lowest BCUT2D eigenvalue weighted by atomic mass is 10.1. The minimum Gasteiger partial charge on any atom is -0.481 e. The van der Waals surface area contributed by atoms with Crippen LogP contribution in [0.3, 0.4) is 0 Å². The van der Waals surface area contributed by atoms with Gasteiger partial charge in [-0.2, -0.15) is 0 Å². The first-order valence-electron chi connectivity index (χ1n) is 8.02. The molecule has 0 radical (unpaired) electrons. The number of nitrogens with one attached hydrogen (secondary N) is 1. The molecule has 23 heavy (non-hydrogen) atoms. The van der Waals surface area contributed by atoms with Crippen LogP contribution >= 0.6 is 0 Å². The van der Waals surface area contributed by atoms with Crippen molar-refractivity contribution < 1.29 is 9.53 Å². The molecule has 122 valence electrons. The van der Waals surface area contributed by atoms with Gasteiger partial charge in [0.15, 0.2) is 6.10 Å². The Bertz CT molecular complexity index is 666. The van der Waals surface area contributed by atoms with Gasteiger partial charge in [0.1, 0.15) is 5.75 Å². The van der Waals surface area contributed by atoms with Gasteiger partial charge < -0.3 is 10.1 Å². The van der Waals surface area contributed by atoms with Gasteiger partial charge in [-0.15, -0.1) is 0 Å². The molecular weight excluding hydrogens is 286 g/mol. The average molecular weight is 311 g/mol. The summed E-state index contributed by atoms with van der Waals surface area (Å²) in [5, 5.41) is 3.02. The first kappa shape index (κ1) is 17.1. The zero-order valence-electron chi connectivity index (χ0n) is 14.6. The van der Waals surface area contributed by atoms with Crippen molar-refractivity contribution in [1.29, 1.82) is 0 Å². The Hall–Kier alpha value is -2.29. The molecule has 0 fully saturated rings. The molecule has 2 aromatic carbocycles. The number of anilines is 1. The van der Waals surface area contributed by atoms with Crippen LogP contribution in [0.4, 0.5) is 5.69 Å². The van der Waals surface area contributed by atoms with Gasteiger partial charge in [-0.1, -0.05) is 31.2 Å². The number of amides is 1. The maximum absolute atomic E-state index is 12.6.